The van der Waals surface area contributed by atoms with Crippen molar-refractivity contribution in [3.05, 3.63) is 54.6 Å². The second-order valence-electron chi connectivity index (χ2n) is 6.93. The van der Waals surface area contributed by atoms with E-state index >= 15 is 0 Å². The summed E-state index contributed by atoms with van der Waals surface area (Å²) in [6.07, 6.45) is 15.3. The summed E-state index contributed by atoms with van der Waals surface area (Å²) >= 11 is 0. The molecule has 28 heavy (non-hydrogen) atoms. The van der Waals surface area contributed by atoms with Gasteiger partial charge >= 0.3 is 0 Å². The van der Waals surface area contributed by atoms with Gasteiger partial charge in [-0.1, -0.05) is 69.9 Å². The van der Waals surface area contributed by atoms with E-state index in [-0.39, 0.29) is 17.9 Å². The quantitative estimate of drug-likeness (QED) is 0.361. The molecule has 0 fully saturated rings. The minimum atomic E-state index is -0.0759. The van der Waals surface area contributed by atoms with E-state index in [0.717, 1.165) is 18.5 Å². The Hall–Kier alpha value is -2.36. The minimum absolute atomic E-state index is 0.0264. The van der Waals surface area contributed by atoms with Crippen molar-refractivity contribution in [3.63, 3.8) is 0 Å². The summed E-state index contributed by atoms with van der Waals surface area (Å²) in [6, 6.07) is 9.64. The van der Waals surface area contributed by atoms with Crippen molar-refractivity contribution >= 4 is 17.5 Å². The van der Waals surface area contributed by atoms with E-state index in [1.807, 2.05) is 63.3 Å². The molecular formula is C24H38N2O2. The Balaban J connectivity index is 0.000000525. The van der Waals surface area contributed by atoms with Crippen molar-refractivity contribution in [2.45, 2.75) is 78.7 Å². The number of anilines is 1. The molecule has 0 saturated carbocycles. The summed E-state index contributed by atoms with van der Waals surface area (Å²) in [5, 5.41) is 5.58. The first-order valence-corrected chi connectivity index (χ1v) is 10.5. The number of rotatable bonds is 11. The number of carbonyl (C=O) groups excluding carboxylic acids is 2. The minimum Gasteiger partial charge on any atom is -0.350 e. The highest BCUT2D eigenvalue weighted by atomic mass is 16.2. The topological polar surface area (TPSA) is 58.2 Å². The molecule has 0 saturated heterocycles. The monoisotopic (exact) mass is 386 g/mol. The molecule has 0 heterocycles. The van der Waals surface area contributed by atoms with Crippen LogP contribution in [0.4, 0.5) is 5.69 Å². The van der Waals surface area contributed by atoms with Crippen molar-refractivity contribution < 1.29 is 9.59 Å². The molecule has 1 aromatic rings. The molecule has 0 atom stereocenters. The molecule has 0 unspecified atom stereocenters. The fourth-order valence-electron chi connectivity index (χ4n) is 2.32. The Morgan fingerprint density at radius 3 is 2.14 bits per heavy atom. The molecule has 0 aliphatic rings. The number of unbranched alkanes of at least 4 members (excludes halogenated alkanes) is 5. The van der Waals surface area contributed by atoms with Crippen molar-refractivity contribution in [1.29, 1.82) is 0 Å². The first-order chi connectivity index (χ1) is 13.5. The van der Waals surface area contributed by atoms with Crippen LogP contribution >= 0.6 is 0 Å². The number of nitrogens with one attached hydrogen (secondary N) is 2. The normalized spacial score (nSPS) is 10.8. The standard InChI is InChI=1S/C13H25NO.C11H13NO/c1-4-5-6-7-8-9-10-11-13(15)14-12(2)3;1-2-3-9-11(13)12-10-7-5-4-6-8-10/h10-12H,4-9H2,1-3H3,(H,14,15);3-9H,2H2,1H3,(H,12,13). The van der Waals surface area contributed by atoms with Gasteiger partial charge in [0.2, 0.25) is 11.8 Å². The van der Waals surface area contributed by atoms with Gasteiger partial charge in [0.05, 0.1) is 0 Å². The Morgan fingerprint density at radius 2 is 1.54 bits per heavy atom. The maximum atomic E-state index is 11.2. The maximum Gasteiger partial charge on any atom is 0.248 e. The molecule has 0 bridgehead atoms. The molecule has 4 nitrogen and oxygen atoms in total. The molecule has 2 amide bonds. The number of hydrogen-bond donors (Lipinski definition) is 2. The van der Waals surface area contributed by atoms with Crippen LogP contribution < -0.4 is 10.6 Å². The Labute approximate surface area is 171 Å². The summed E-state index contributed by atoms with van der Waals surface area (Å²) in [5.41, 5.74) is 0.827. The molecular weight excluding hydrogens is 348 g/mol. The van der Waals surface area contributed by atoms with Gasteiger partial charge in [0.25, 0.3) is 0 Å². The van der Waals surface area contributed by atoms with Gasteiger partial charge in [-0.05, 0) is 57.4 Å². The lowest BCUT2D eigenvalue weighted by Crippen LogP contribution is -2.28. The zero-order valence-electron chi connectivity index (χ0n) is 18.0. The summed E-state index contributed by atoms with van der Waals surface area (Å²) in [7, 11) is 0. The highest BCUT2D eigenvalue weighted by molar-refractivity contribution is 5.99. The lowest BCUT2D eigenvalue weighted by molar-refractivity contribution is -0.117. The van der Waals surface area contributed by atoms with Crippen LogP contribution in [0.25, 0.3) is 0 Å². The first-order valence-electron chi connectivity index (χ1n) is 10.5. The number of benzene rings is 1. The van der Waals surface area contributed by atoms with Crippen LogP contribution in [0.1, 0.15) is 72.6 Å². The average molecular weight is 387 g/mol. The highest BCUT2D eigenvalue weighted by Crippen LogP contribution is 2.05. The van der Waals surface area contributed by atoms with Crippen LogP contribution in [0.5, 0.6) is 0 Å². The van der Waals surface area contributed by atoms with Crippen LogP contribution in [0.15, 0.2) is 54.6 Å². The predicted molar refractivity (Wildman–Crippen MR) is 120 cm³/mol. The largest absolute Gasteiger partial charge is 0.350 e. The zero-order valence-corrected chi connectivity index (χ0v) is 18.0. The molecule has 0 aromatic heterocycles. The van der Waals surface area contributed by atoms with Crippen molar-refractivity contribution in [2.24, 2.45) is 0 Å². The highest BCUT2D eigenvalue weighted by Gasteiger charge is 1.96. The molecule has 2 N–H and O–H groups in total. The Kier molecular flexibility index (Phi) is 16.5. The van der Waals surface area contributed by atoms with Gasteiger partial charge in [-0.25, -0.2) is 0 Å². The fourth-order valence-corrected chi connectivity index (χ4v) is 2.32. The van der Waals surface area contributed by atoms with Crippen molar-refractivity contribution in [2.75, 3.05) is 5.32 Å². The second kappa shape index (κ2) is 18.0. The lowest BCUT2D eigenvalue weighted by Gasteiger charge is -2.03. The van der Waals surface area contributed by atoms with Crippen LogP contribution in [0, 0.1) is 0 Å². The molecule has 0 spiro atoms. The maximum absolute atomic E-state index is 11.2. The summed E-state index contributed by atoms with van der Waals surface area (Å²) in [4.78, 5) is 22.4. The molecule has 0 aliphatic carbocycles. The third-order valence-corrected chi connectivity index (χ3v) is 3.72. The fraction of sp³-hybridized carbons (Fsp3) is 0.500. The van der Waals surface area contributed by atoms with Crippen molar-refractivity contribution in [3.8, 4) is 0 Å². The van der Waals surface area contributed by atoms with Crippen LogP contribution in [0.2, 0.25) is 0 Å². The number of hydrogen-bond acceptors (Lipinski definition) is 2. The molecule has 156 valence electrons. The molecule has 0 aliphatic heterocycles. The Morgan fingerprint density at radius 1 is 0.893 bits per heavy atom. The molecule has 0 radical (unpaired) electrons. The number of carbonyl (C=O) groups is 2. The van der Waals surface area contributed by atoms with E-state index in [1.54, 1.807) is 12.2 Å². The summed E-state index contributed by atoms with van der Waals surface area (Å²) in [5.74, 6) is -0.0494. The van der Waals surface area contributed by atoms with E-state index in [2.05, 4.69) is 17.6 Å². The zero-order chi connectivity index (χ0) is 21.0. The van der Waals surface area contributed by atoms with E-state index in [9.17, 15) is 9.59 Å². The van der Waals surface area contributed by atoms with Crippen molar-refractivity contribution in [1.82, 2.24) is 5.32 Å². The van der Waals surface area contributed by atoms with Gasteiger partial charge in [0.15, 0.2) is 0 Å². The van der Waals surface area contributed by atoms with Crippen LogP contribution in [0.3, 0.4) is 0 Å². The van der Waals surface area contributed by atoms with E-state index in [4.69, 9.17) is 0 Å². The van der Waals surface area contributed by atoms with E-state index in [1.165, 1.54) is 32.1 Å². The third kappa shape index (κ3) is 17.1. The van der Waals surface area contributed by atoms with Crippen LogP contribution in [-0.4, -0.2) is 17.9 Å². The average Bonchev–Trinajstić information content (AvgIpc) is 2.66. The predicted octanol–water partition coefficient (Wildman–Crippen LogP) is 6.02. The van der Waals surface area contributed by atoms with E-state index < -0.39 is 0 Å². The molecule has 4 heteroatoms. The van der Waals surface area contributed by atoms with Gasteiger partial charge in [-0.3, -0.25) is 9.59 Å². The van der Waals surface area contributed by atoms with E-state index in [0.29, 0.717) is 0 Å². The third-order valence-electron chi connectivity index (χ3n) is 3.72. The molecule has 1 aromatic carbocycles. The van der Waals surface area contributed by atoms with Gasteiger partial charge < -0.3 is 10.6 Å². The number of amides is 2. The smallest absolute Gasteiger partial charge is 0.248 e. The lowest BCUT2D eigenvalue weighted by atomic mass is 10.1. The number of allylic oxidation sites excluding steroid dienone is 2. The van der Waals surface area contributed by atoms with Crippen LogP contribution in [-0.2, 0) is 9.59 Å². The van der Waals surface area contributed by atoms with Gasteiger partial charge in [-0.15, -0.1) is 0 Å². The van der Waals surface area contributed by atoms with Gasteiger partial charge in [-0.2, -0.15) is 0 Å². The number of para-hydroxylation sites is 1. The van der Waals surface area contributed by atoms with Gasteiger partial charge in [0.1, 0.15) is 0 Å². The summed E-state index contributed by atoms with van der Waals surface area (Å²) in [6.45, 7) is 8.15. The van der Waals surface area contributed by atoms with Gasteiger partial charge in [0, 0.05) is 11.7 Å². The molecule has 1 rings (SSSR count). The second-order valence-corrected chi connectivity index (χ2v) is 6.93. The Bertz CT molecular complexity index is 578. The SMILES string of the molecule is CCC=CC(=O)Nc1ccccc1.CCCCCCCC=CC(=O)NC(C)C. The first kappa shape index (κ1) is 25.6. The summed E-state index contributed by atoms with van der Waals surface area (Å²) < 4.78 is 0.